The summed E-state index contributed by atoms with van der Waals surface area (Å²) in [6.45, 7) is 5.15. The molecule has 0 unspecified atom stereocenters. The van der Waals surface area contributed by atoms with E-state index >= 15 is 0 Å². The third-order valence-corrected chi connectivity index (χ3v) is 5.90. The fourth-order valence-corrected chi connectivity index (χ4v) is 4.70. The number of carbonyl (C=O) groups is 2. The van der Waals surface area contributed by atoms with E-state index in [-0.39, 0.29) is 30.8 Å². The van der Waals surface area contributed by atoms with Crippen LogP contribution >= 0.6 is 0 Å². The molecule has 0 spiro atoms. The molecule has 166 valence electrons. The van der Waals surface area contributed by atoms with E-state index in [0.29, 0.717) is 18.4 Å². The molecular weight excluding hydrogens is 401 g/mol. The molecular formula is C23H28FN3O4. The van der Waals surface area contributed by atoms with Crippen LogP contribution in [0.1, 0.15) is 22.9 Å². The van der Waals surface area contributed by atoms with Gasteiger partial charge in [-0.1, -0.05) is 18.2 Å². The minimum absolute atomic E-state index is 0.0274. The molecule has 1 amide bonds. The molecule has 1 aromatic carbocycles. The van der Waals surface area contributed by atoms with Crippen molar-refractivity contribution in [2.75, 3.05) is 33.4 Å². The van der Waals surface area contributed by atoms with Gasteiger partial charge in [-0.3, -0.25) is 19.5 Å². The Morgan fingerprint density at radius 3 is 2.71 bits per heavy atom. The first-order valence-electron chi connectivity index (χ1n) is 10.2. The molecule has 4 rings (SSSR count). The van der Waals surface area contributed by atoms with Crippen LogP contribution in [0.5, 0.6) is 0 Å². The van der Waals surface area contributed by atoms with E-state index in [4.69, 9.17) is 14.6 Å². The Bertz CT molecular complexity index is 893. The maximum atomic E-state index is 13.9. The Kier molecular flexibility index (Phi) is 7.70. The van der Waals surface area contributed by atoms with Crippen LogP contribution in [-0.4, -0.2) is 65.6 Å². The van der Waals surface area contributed by atoms with Crippen molar-refractivity contribution in [2.24, 2.45) is 11.8 Å². The number of amides is 1. The van der Waals surface area contributed by atoms with Gasteiger partial charge in [0.15, 0.2) is 0 Å². The molecule has 2 fully saturated rings. The number of nitrogens with zero attached hydrogens (tertiary/aromatic N) is 3. The van der Waals surface area contributed by atoms with Crippen LogP contribution in [0, 0.1) is 24.6 Å². The number of aromatic nitrogens is 1. The van der Waals surface area contributed by atoms with Crippen LogP contribution in [0.2, 0.25) is 0 Å². The second kappa shape index (κ2) is 10.5. The van der Waals surface area contributed by atoms with Crippen LogP contribution in [0.25, 0.3) is 0 Å². The van der Waals surface area contributed by atoms with Crippen molar-refractivity contribution in [3.63, 3.8) is 0 Å². The molecule has 0 bridgehead atoms. The number of halogens is 1. The maximum absolute atomic E-state index is 13.9. The van der Waals surface area contributed by atoms with Crippen molar-refractivity contribution in [1.82, 2.24) is 14.8 Å². The molecule has 31 heavy (non-hydrogen) atoms. The van der Waals surface area contributed by atoms with Gasteiger partial charge >= 0.3 is 0 Å². The minimum atomic E-state index is -0.263. The summed E-state index contributed by atoms with van der Waals surface area (Å²) in [5.41, 5.74) is 3.08. The topological polar surface area (TPSA) is 83.0 Å². The average Bonchev–Trinajstić information content (AvgIpc) is 3.28. The first-order valence-corrected chi connectivity index (χ1v) is 10.2. The van der Waals surface area contributed by atoms with Crippen LogP contribution in [0.15, 0.2) is 42.6 Å². The van der Waals surface area contributed by atoms with Gasteiger partial charge in [0.2, 0.25) is 5.91 Å². The van der Waals surface area contributed by atoms with Gasteiger partial charge in [-0.05, 0) is 42.2 Å². The highest BCUT2D eigenvalue weighted by atomic mass is 19.1. The highest BCUT2D eigenvalue weighted by Crippen LogP contribution is 2.45. The molecule has 7 nitrogen and oxygen atoms in total. The van der Waals surface area contributed by atoms with Gasteiger partial charge in [0.25, 0.3) is 6.47 Å². The van der Waals surface area contributed by atoms with Crippen LogP contribution in [0.4, 0.5) is 4.39 Å². The van der Waals surface area contributed by atoms with Gasteiger partial charge in [0.1, 0.15) is 12.4 Å². The zero-order chi connectivity index (χ0) is 22.4. The molecule has 0 radical (unpaired) electrons. The lowest BCUT2D eigenvalue weighted by Gasteiger charge is -2.30. The van der Waals surface area contributed by atoms with Crippen molar-refractivity contribution >= 4 is 12.4 Å². The minimum Gasteiger partial charge on any atom is -0.483 e. The van der Waals surface area contributed by atoms with Gasteiger partial charge in [-0.15, -0.1) is 0 Å². The standard InChI is InChI=1S/C22H26FN3O2.CH2O2/c1-15-6-7-16(9-24-15)10-25-11-18-12-26(21(27)14-28-2)22(20(18)13-25)17-4-3-5-19(23)8-17;2-1-3/h3-9,18,20,22H,10-14H2,1-2H3;1H,(H,2,3)/t18-,20-,22+;/m1./s1. The third kappa shape index (κ3) is 5.45. The van der Waals surface area contributed by atoms with Crippen molar-refractivity contribution in [1.29, 1.82) is 0 Å². The monoisotopic (exact) mass is 429 g/mol. The highest BCUT2D eigenvalue weighted by Gasteiger charge is 2.48. The number of benzene rings is 1. The molecule has 0 saturated carbocycles. The molecule has 2 aliphatic rings. The predicted molar refractivity (Wildman–Crippen MR) is 113 cm³/mol. The predicted octanol–water partition coefficient (Wildman–Crippen LogP) is 2.51. The summed E-state index contributed by atoms with van der Waals surface area (Å²) >= 11 is 0. The molecule has 8 heteroatoms. The normalized spacial score (nSPS) is 22.5. The molecule has 3 atom stereocenters. The quantitative estimate of drug-likeness (QED) is 0.736. The zero-order valence-corrected chi connectivity index (χ0v) is 17.8. The average molecular weight is 429 g/mol. The number of rotatable bonds is 5. The zero-order valence-electron chi connectivity index (χ0n) is 17.8. The summed E-state index contributed by atoms with van der Waals surface area (Å²) in [5, 5.41) is 6.89. The highest BCUT2D eigenvalue weighted by molar-refractivity contribution is 5.78. The van der Waals surface area contributed by atoms with Gasteiger partial charge in [0.05, 0.1) is 6.04 Å². The van der Waals surface area contributed by atoms with E-state index in [1.54, 1.807) is 12.1 Å². The summed E-state index contributed by atoms with van der Waals surface area (Å²) < 4.78 is 19.0. The summed E-state index contributed by atoms with van der Waals surface area (Å²) in [7, 11) is 1.53. The van der Waals surface area contributed by atoms with Crippen molar-refractivity contribution in [3.8, 4) is 0 Å². The van der Waals surface area contributed by atoms with E-state index in [1.807, 2.05) is 30.2 Å². The Hall–Kier alpha value is -2.84. The summed E-state index contributed by atoms with van der Waals surface area (Å²) in [4.78, 5) is 29.7. The van der Waals surface area contributed by atoms with E-state index in [2.05, 4.69) is 16.0 Å². The summed E-state index contributed by atoms with van der Waals surface area (Å²) in [6, 6.07) is 10.7. The molecule has 2 saturated heterocycles. The fourth-order valence-electron chi connectivity index (χ4n) is 4.70. The lowest BCUT2D eigenvalue weighted by molar-refractivity contribution is -0.136. The lowest BCUT2D eigenvalue weighted by atomic mass is 9.89. The van der Waals surface area contributed by atoms with Gasteiger partial charge < -0.3 is 14.7 Å². The van der Waals surface area contributed by atoms with Gasteiger partial charge in [0, 0.05) is 51.1 Å². The number of ether oxygens (including phenoxy) is 1. The van der Waals surface area contributed by atoms with E-state index in [1.165, 1.54) is 18.7 Å². The van der Waals surface area contributed by atoms with Gasteiger partial charge in [-0.2, -0.15) is 0 Å². The van der Waals surface area contributed by atoms with Gasteiger partial charge in [-0.25, -0.2) is 4.39 Å². The molecule has 3 heterocycles. The molecule has 1 aromatic heterocycles. The van der Waals surface area contributed by atoms with Crippen molar-refractivity contribution < 1.29 is 23.8 Å². The summed E-state index contributed by atoms with van der Waals surface area (Å²) in [6.07, 6.45) is 1.93. The number of carbonyl (C=O) groups excluding carboxylic acids is 1. The maximum Gasteiger partial charge on any atom is 0.290 e. The van der Waals surface area contributed by atoms with E-state index < -0.39 is 0 Å². The first kappa shape index (κ1) is 22.8. The second-order valence-electron chi connectivity index (χ2n) is 8.01. The number of methoxy groups -OCH3 is 1. The first-order chi connectivity index (χ1) is 15.0. The van der Waals surface area contributed by atoms with E-state index in [9.17, 15) is 9.18 Å². The smallest absolute Gasteiger partial charge is 0.290 e. The number of hydrogen-bond donors (Lipinski definition) is 1. The fraction of sp³-hybridized carbons (Fsp3) is 0.435. The number of likely N-dealkylation sites (tertiary alicyclic amines) is 2. The molecule has 2 aromatic rings. The third-order valence-electron chi connectivity index (χ3n) is 5.90. The Balaban J connectivity index is 0.000000858. The molecule has 1 N–H and O–H groups in total. The van der Waals surface area contributed by atoms with Crippen LogP contribution < -0.4 is 0 Å². The lowest BCUT2D eigenvalue weighted by Crippen LogP contribution is -2.37. The number of pyridine rings is 1. The summed E-state index contributed by atoms with van der Waals surface area (Å²) in [5.74, 6) is 0.384. The number of aryl methyl sites for hydroxylation is 1. The van der Waals surface area contributed by atoms with Crippen LogP contribution in [0.3, 0.4) is 0 Å². The Morgan fingerprint density at radius 2 is 2.06 bits per heavy atom. The number of hydrogen-bond acceptors (Lipinski definition) is 5. The number of fused-ring (bicyclic) bond motifs is 1. The molecule has 2 aliphatic heterocycles. The Labute approximate surface area is 181 Å². The molecule has 0 aliphatic carbocycles. The van der Waals surface area contributed by atoms with Crippen molar-refractivity contribution in [2.45, 2.75) is 19.5 Å². The second-order valence-corrected chi connectivity index (χ2v) is 8.01. The van der Waals surface area contributed by atoms with E-state index in [0.717, 1.165) is 30.9 Å². The largest absolute Gasteiger partial charge is 0.483 e. The van der Waals surface area contributed by atoms with Crippen LogP contribution in [-0.2, 0) is 20.9 Å². The SMILES string of the molecule is COCC(=O)N1C[C@H]2CN(Cc3ccc(C)nc3)C[C@H]2[C@@H]1c1cccc(F)c1.O=CO. The number of carboxylic acid groups (broad SMARTS) is 1. The van der Waals surface area contributed by atoms with Crippen molar-refractivity contribution in [3.05, 3.63) is 65.2 Å². The Morgan fingerprint density at radius 1 is 1.29 bits per heavy atom.